The third-order valence-electron chi connectivity index (χ3n) is 4.45. The summed E-state index contributed by atoms with van der Waals surface area (Å²) >= 11 is 0. The third kappa shape index (κ3) is 1.90. The lowest BCUT2D eigenvalue weighted by Gasteiger charge is -2.54. The maximum Gasteiger partial charge on any atom is 0.0909 e. The highest BCUT2D eigenvalue weighted by molar-refractivity contribution is 5.27. The van der Waals surface area contributed by atoms with Crippen molar-refractivity contribution in [3.63, 3.8) is 0 Å². The largest absolute Gasteiger partial charge is 0.392 e. The molecule has 1 heterocycles. The van der Waals surface area contributed by atoms with Crippen molar-refractivity contribution in [1.29, 1.82) is 0 Å². The Morgan fingerprint density at radius 3 is 2.18 bits per heavy atom. The zero-order chi connectivity index (χ0) is 12.5. The van der Waals surface area contributed by atoms with Crippen LogP contribution in [0.4, 0.5) is 0 Å². The summed E-state index contributed by atoms with van der Waals surface area (Å²) in [6.45, 7) is 6.77. The Labute approximate surface area is 104 Å². The Bertz CT molecular complexity index is 365. The molecule has 1 fully saturated rings. The topological polar surface area (TPSA) is 29.5 Å². The lowest BCUT2D eigenvalue weighted by Crippen LogP contribution is -2.51. The van der Waals surface area contributed by atoms with Gasteiger partial charge in [-0.1, -0.05) is 38.1 Å². The van der Waals surface area contributed by atoms with Gasteiger partial charge in [0, 0.05) is 5.41 Å². The average Bonchev–Trinajstić information content (AvgIpc) is 2.38. The molecule has 2 atom stereocenters. The standard InChI is InChI=1S/C15H22O2/c1-4-15(5-2)11(3)17-14(15)13-8-6-12(10-16)7-9-13/h6-9,11,14,16H,4-5,10H2,1-3H3. The molecule has 2 rings (SSSR count). The predicted octanol–water partition coefficient (Wildman–Crippen LogP) is 3.45. The van der Waals surface area contributed by atoms with Crippen molar-refractivity contribution in [2.24, 2.45) is 5.41 Å². The third-order valence-corrected chi connectivity index (χ3v) is 4.45. The molecule has 0 bridgehead atoms. The molecule has 0 radical (unpaired) electrons. The fourth-order valence-electron chi connectivity index (χ4n) is 3.02. The second-order valence-corrected chi connectivity index (χ2v) is 5.00. The normalized spacial score (nSPS) is 26.6. The summed E-state index contributed by atoms with van der Waals surface area (Å²) in [6.07, 6.45) is 2.87. The van der Waals surface area contributed by atoms with E-state index in [1.54, 1.807) is 0 Å². The van der Waals surface area contributed by atoms with Crippen molar-refractivity contribution in [3.8, 4) is 0 Å². The zero-order valence-electron chi connectivity index (χ0n) is 10.9. The minimum Gasteiger partial charge on any atom is -0.392 e. The van der Waals surface area contributed by atoms with Gasteiger partial charge in [0.1, 0.15) is 0 Å². The van der Waals surface area contributed by atoms with Gasteiger partial charge < -0.3 is 9.84 Å². The average molecular weight is 234 g/mol. The summed E-state index contributed by atoms with van der Waals surface area (Å²) in [5.74, 6) is 0. The fraction of sp³-hybridized carbons (Fsp3) is 0.600. The molecular formula is C15H22O2. The van der Waals surface area contributed by atoms with E-state index >= 15 is 0 Å². The summed E-state index contributed by atoms with van der Waals surface area (Å²) in [7, 11) is 0. The van der Waals surface area contributed by atoms with Gasteiger partial charge in [-0.05, 0) is 30.9 Å². The van der Waals surface area contributed by atoms with E-state index in [1.807, 2.05) is 12.1 Å². The Morgan fingerprint density at radius 1 is 1.18 bits per heavy atom. The second-order valence-electron chi connectivity index (χ2n) is 5.00. The minimum absolute atomic E-state index is 0.106. The molecule has 0 aromatic heterocycles. The highest BCUT2D eigenvalue weighted by Crippen LogP contribution is 2.55. The van der Waals surface area contributed by atoms with Crippen molar-refractivity contribution in [3.05, 3.63) is 35.4 Å². The van der Waals surface area contributed by atoms with Crippen LogP contribution < -0.4 is 0 Å². The molecule has 17 heavy (non-hydrogen) atoms. The molecule has 1 aromatic carbocycles. The van der Waals surface area contributed by atoms with E-state index in [2.05, 4.69) is 32.9 Å². The molecule has 2 heteroatoms. The highest BCUT2D eigenvalue weighted by atomic mass is 16.5. The quantitative estimate of drug-likeness (QED) is 0.864. The predicted molar refractivity (Wildman–Crippen MR) is 68.7 cm³/mol. The van der Waals surface area contributed by atoms with Crippen molar-refractivity contribution in [1.82, 2.24) is 0 Å². The number of aliphatic hydroxyl groups is 1. The van der Waals surface area contributed by atoms with Gasteiger partial charge >= 0.3 is 0 Å². The molecule has 1 saturated heterocycles. The van der Waals surface area contributed by atoms with Gasteiger partial charge in [0.05, 0.1) is 18.8 Å². The summed E-state index contributed by atoms with van der Waals surface area (Å²) in [6, 6.07) is 8.14. The van der Waals surface area contributed by atoms with E-state index in [9.17, 15) is 0 Å². The molecule has 94 valence electrons. The summed E-state index contributed by atoms with van der Waals surface area (Å²) in [5.41, 5.74) is 2.49. The van der Waals surface area contributed by atoms with Crippen LogP contribution >= 0.6 is 0 Å². The first kappa shape index (κ1) is 12.6. The molecule has 0 spiro atoms. The van der Waals surface area contributed by atoms with Crippen LogP contribution in [-0.4, -0.2) is 11.2 Å². The Morgan fingerprint density at radius 2 is 1.76 bits per heavy atom. The molecular weight excluding hydrogens is 212 g/mol. The van der Waals surface area contributed by atoms with Crippen molar-refractivity contribution in [2.45, 2.75) is 52.4 Å². The molecule has 1 N–H and O–H groups in total. The molecule has 1 aliphatic heterocycles. The van der Waals surface area contributed by atoms with Crippen LogP contribution in [0.3, 0.4) is 0 Å². The molecule has 0 amide bonds. The van der Waals surface area contributed by atoms with Crippen LogP contribution in [0.25, 0.3) is 0 Å². The summed E-state index contributed by atoms with van der Waals surface area (Å²) in [5, 5.41) is 9.04. The number of aliphatic hydroxyl groups excluding tert-OH is 1. The van der Waals surface area contributed by atoms with Crippen molar-refractivity contribution in [2.75, 3.05) is 0 Å². The Balaban J connectivity index is 2.22. The van der Waals surface area contributed by atoms with Crippen LogP contribution in [0, 0.1) is 5.41 Å². The SMILES string of the molecule is CCC1(CC)C(C)OC1c1ccc(CO)cc1. The maximum atomic E-state index is 9.04. The Hall–Kier alpha value is -0.860. The first-order valence-corrected chi connectivity index (χ1v) is 6.53. The maximum absolute atomic E-state index is 9.04. The van der Waals surface area contributed by atoms with Gasteiger partial charge in [-0.2, -0.15) is 0 Å². The second kappa shape index (κ2) is 4.79. The number of benzene rings is 1. The summed E-state index contributed by atoms with van der Waals surface area (Å²) < 4.78 is 5.93. The first-order chi connectivity index (χ1) is 8.17. The van der Waals surface area contributed by atoms with Crippen LogP contribution in [0.2, 0.25) is 0 Å². The molecule has 0 saturated carbocycles. The van der Waals surface area contributed by atoms with E-state index in [0.717, 1.165) is 18.4 Å². The van der Waals surface area contributed by atoms with E-state index in [1.165, 1.54) is 5.56 Å². The number of ether oxygens (including phenoxy) is 1. The molecule has 0 aliphatic carbocycles. The monoisotopic (exact) mass is 234 g/mol. The molecule has 2 nitrogen and oxygen atoms in total. The number of hydrogen-bond donors (Lipinski definition) is 1. The van der Waals surface area contributed by atoms with Gasteiger partial charge in [0.25, 0.3) is 0 Å². The van der Waals surface area contributed by atoms with E-state index in [4.69, 9.17) is 9.84 Å². The van der Waals surface area contributed by atoms with Gasteiger partial charge in [-0.25, -0.2) is 0 Å². The van der Waals surface area contributed by atoms with Gasteiger partial charge in [-0.3, -0.25) is 0 Å². The Kier molecular flexibility index (Phi) is 3.55. The molecule has 1 aromatic rings. The van der Waals surface area contributed by atoms with E-state index in [-0.39, 0.29) is 12.7 Å². The lowest BCUT2D eigenvalue weighted by atomic mass is 9.66. The molecule has 1 aliphatic rings. The fourth-order valence-corrected chi connectivity index (χ4v) is 3.02. The van der Waals surface area contributed by atoms with Crippen molar-refractivity contribution >= 4 is 0 Å². The zero-order valence-corrected chi connectivity index (χ0v) is 10.9. The van der Waals surface area contributed by atoms with Crippen LogP contribution in [0.1, 0.15) is 50.8 Å². The van der Waals surface area contributed by atoms with Gasteiger partial charge in [0.2, 0.25) is 0 Å². The highest BCUT2D eigenvalue weighted by Gasteiger charge is 2.52. The minimum atomic E-state index is 0.106. The number of hydrogen-bond acceptors (Lipinski definition) is 2. The van der Waals surface area contributed by atoms with Crippen LogP contribution in [0.5, 0.6) is 0 Å². The first-order valence-electron chi connectivity index (χ1n) is 6.53. The van der Waals surface area contributed by atoms with E-state index in [0.29, 0.717) is 11.5 Å². The van der Waals surface area contributed by atoms with Gasteiger partial charge in [0.15, 0.2) is 0 Å². The lowest BCUT2D eigenvalue weighted by molar-refractivity contribution is -0.251. The molecule has 2 unspecified atom stereocenters. The number of rotatable bonds is 4. The van der Waals surface area contributed by atoms with Gasteiger partial charge in [-0.15, -0.1) is 0 Å². The summed E-state index contributed by atoms with van der Waals surface area (Å²) in [4.78, 5) is 0. The van der Waals surface area contributed by atoms with Crippen molar-refractivity contribution < 1.29 is 9.84 Å². The van der Waals surface area contributed by atoms with Crippen LogP contribution in [0.15, 0.2) is 24.3 Å². The van der Waals surface area contributed by atoms with E-state index < -0.39 is 0 Å². The smallest absolute Gasteiger partial charge is 0.0909 e. The van der Waals surface area contributed by atoms with Crippen LogP contribution in [-0.2, 0) is 11.3 Å².